The standard InChI is InChI=1S/C8H14FNO2/c9-7-3-4-10-5-6(7)1-2-8(11)12/h6-7,10H,1-5H2,(H,11,12)/t6-,7+/m0/s1. The number of hydrogen-bond donors (Lipinski definition) is 2. The summed E-state index contributed by atoms with van der Waals surface area (Å²) < 4.78 is 13.1. The number of rotatable bonds is 3. The van der Waals surface area contributed by atoms with Crippen LogP contribution in [-0.2, 0) is 4.79 Å². The summed E-state index contributed by atoms with van der Waals surface area (Å²) in [5.74, 6) is -0.942. The zero-order chi connectivity index (χ0) is 8.97. The van der Waals surface area contributed by atoms with Gasteiger partial charge in [0.2, 0.25) is 0 Å². The largest absolute Gasteiger partial charge is 0.481 e. The van der Waals surface area contributed by atoms with Crippen LogP contribution in [0.4, 0.5) is 4.39 Å². The minimum Gasteiger partial charge on any atom is -0.481 e. The molecular weight excluding hydrogens is 161 g/mol. The van der Waals surface area contributed by atoms with Crippen LogP contribution in [0.5, 0.6) is 0 Å². The molecule has 0 bridgehead atoms. The van der Waals surface area contributed by atoms with Gasteiger partial charge in [-0.3, -0.25) is 4.79 Å². The molecule has 0 saturated carbocycles. The zero-order valence-electron chi connectivity index (χ0n) is 6.92. The Balaban J connectivity index is 2.24. The van der Waals surface area contributed by atoms with Gasteiger partial charge in [0.25, 0.3) is 0 Å². The molecule has 2 atom stereocenters. The Morgan fingerprint density at radius 1 is 1.67 bits per heavy atom. The van der Waals surface area contributed by atoms with Gasteiger partial charge < -0.3 is 10.4 Å². The van der Waals surface area contributed by atoms with Gasteiger partial charge >= 0.3 is 5.97 Å². The molecule has 0 amide bonds. The number of carbonyl (C=O) groups is 1. The fourth-order valence-electron chi connectivity index (χ4n) is 1.48. The van der Waals surface area contributed by atoms with Crippen molar-refractivity contribution in [1.82, 2.24) is 5.32 Å². The molecule has 4 heteroatoms. The van der Waals surface area contributed by atoms with Crippen molar-refractivity contribution >= 4 is 5.97 Å². The lowest BCUT2D eigenvalue weighted by Crippen LogP contribution is -2.37. The molecule has 0 spiro atoms. The van der Waals surface area contributed by atoms with Crippen LogP contribution in [-0.4, -0.2) is 30.3 Å². The maximum atomic E-state index is 13.1. The fraction of sp³-hybridized carbons (Fsp3) is 0.875. The minimum absolute atomic E-state index is 0.0762. The van der Waals surface area contributed by atoms with Crippen molar-refractivity contribution in [3.05, 3.63) is 0 Å². The molecule has 1 saturated heterocycles. The highest BCUT2D eigenvalue weighted by atomic mass is 19.1. The molecule has 0 radical (unpaired) electrons. The Morgan fingerprint density at radius 2 is 2.42 bits per heavy atom. The number of nitrogens with one attached hydrogen (secondary N) is 1. The van der Waals surface area contributed by atoms with E-state index in [0.717, 1.165) is 0 Å². The Kier molecular flexibility index (Phi) is 3.47. The molecule has 0 aromatic carbocycles. The molecule has 1 aliphatic rings. The van der Waals surface area contributed by atoms with Crippen LogP contribution in [0, 0.1) is 5.92 Å². The maximum Gasteiger partial charge on any atom is 0.303 e. The van der Waals surface area contributed by atoms with Crippen molar-refractivity contribution in [3.8, 4) is 0 Å². The van der Waals surface area contributed by atoms with Crippen molar-refractivity contribution < 1.29 is 14.3 Å². The van der Waals surface area contributed by atoms with Crippen LogP contribution in [0.1, 0.15) is 19.3 Å². The molecule has 12 heavy (non-hydrogen) atoms. The highest BCUT2D eigenvalue weighted by Crippen LogP contribution is 2.19. The molecule has 0 aliphatic carbocycles. The van der Waals surface area contributed by atoms with Crippen LogP contribution in [0.15, 0.2) is 0 Å². The van der Waals surface area contributed by atoms with Crippen molar-refractivity contribution in [1.29, 1.82) is 0 Å². The molecule has 0 aromatic heterocycles. The van der Waals surface area contributed by atoms with Gasteiger partial charge in [0, 0.05) is 18.9 Å². The normalized spacial score (nSPS) is 30.1. The topological polar surface area (TPSA) is 49.3 Å². The fourth-order valence-corrected chi connectivity index (χ4v) is 1.48. The van der Waals surface area contributed by atoms with E-state index >= 15 is 0 Å². The first-order valence-corrected chi connectivity index (χ1v) is 4.26. The summed E-state index contributed by atoms with van der Waals surface area (Å²) in [6.07, 6.45) is 0.228. The summed E-state index contributed by atoms with van der Waals surface area (Å²) in [6.45, 7) is 1.33. The van der Waals surface area contributed by atoms with Gasteiger partial charge in [-0.1, -0.05) is 0 Å². The number of carboxylic acids is 1. The van der Waals surface area contributed by atoms with Gasteiger partial charge in [-0.05, 0) is 19.4 Å². The minimum atomic E-state index is -0.840. The van der Waals surface area contributed by atoms with Gasteiger partial charge in [-0.25, -0.2) is 4.39 Å². The number of piperidine rings is 1. The van der Waals surface area contributed by atoms with E-state index in [1.807, 2.05) is 0 Å². The Hall–Kier alpha value is -0.640. The SMILES string of the molecule is O=C(O)CC[C@H]1CNCC[C@H]1F. The highest BCUT2D eigenvalue weighted by Gasteiger charge is 2.24. The average Bonchev–Trinajstić information content (AvgIpc) is 2.03. The van der Waals surface area contributed by atoms with E-state index in [2.05, 4.69) is 5.32 Å². The van der Waals surface area contributed by atoms with Gasteiger partial charge in [0.1, 0.15) is 6.17 Å². The van der Waals surface area contributed by atoms with E-state index in [-0.39, 0.29) is 12.3 Å². The van der Waals surface area contributed by atoms with Crippen LogP contribution < -0.4 is 5.32 Å². The lowest BCUT2D eigenvalue weighted by Gasteiger charge is -2.25. The first kappa shape index (κ1) is 9.45. The first-order valence-electron chi connectivity index (χ1n) is 4.26. The Bertz CT molecular complexity index is 163. The molecular formula is C8H14FNO2. The second-order valence-corrected chi connectivity index (χ2v) is 3.20. The Labute approximate surface area is 71.0 Å². The highest BCUT2D eigenvalue weighted by molar-refractivity contribution is 5.66. The van der Waals surface area contributed by atoms with Gasteiger partial charge in [0.15, 0.2) is 0 Å². The van der Waals surface area contributed by atoms with E-state index in [1.165, 1.54) is 0 Å². The monoisotopic (exact) mass is 175 g/mol. The lowest BCUT2D eigenvalue weighted by molar-refractivity contribution is -0.137. The van der Waals surface area contributed by atoms with E-state index in [9.17, 15) is 9.18 Å². The summed E-state index contributed by atoms with van der Waals surface area (Å²) in [6, 6.07) is 0. The molecule has 1 heterocycles. The number of alkyl halides is 1. The third kappa shape index (κ3) is 2.77. The lowest BCUT2D eigenvalue weighted by atomic mass is 9.93. The molecule has 2 N–H and O–H groups in total. The number of hydrogen-bond acceptors (Lipinski definition) is 2. The first-order chi connectivity index (χ1) is 5.70. The number of aliphatic carboxylic acids is 1. The van der Waals surface area contributed by atoms with Crippen molar-refractivity contribution in [2.24, 2.45) is 5.92 Å². The number of carboxylic acid groups (broad SMARTS) is 1. The van der Waals surface area contributed by atoms with Crippen LogP contribution in [0.2, 0.25) is 0 Å². The zero-order valence-corrected chi connectivity index (χ0v) is 6.92. The van der Waals surface area contributed by atoms with Gasteiger partial charge in [0.05, 0.1) is 0 Å². The summed E-state index contributed by atoms with van der Waals surface area (Å²) in [5.41, 5.74) is 0. The van der Waals surface area contributed by atoms with Gasteiger partial charge in [-0.2, -0.15) is 0 Å². The third-order valence-corrected chi connectivity index (χ3v) is 2.24. The van der Waals surface area contributed by atoms with E-state index in [4.69, 9.17) is 5.11 Å². The summed E-state index contributed by atoms with van der Waals surface area (Å²) in [5, 5.41) is 11.4. The maximum absolute atomic E-state index is 13.1. The molecule has 0 unspecified atom stereocenters. The molecule has 3 nitrogen and oxygen atoms in total. The summed E-state index contributed by atoms with van der Waals surface area (Å²) in [4.78, 5) is 10.2. The van der Waals surface area contributed by atoms with Crippen LogP contribution in [0.3, 0.4) is 0 Å². The van der Waals surface area contributed by atoms with E-state index in [0.29, 0.717) is 25.9 Å². The van der Waals surface area contributed by atoms with E-state index < -0.39 is 12.1 Å². The van der Waals surface area contributed by atoms with Crippen LogP contribution >= 0.6 is 0 Å². The van der Waals surface area contributed by atoms with Crippen LogP contribution in [0.25, 0.3) is 0 Å². The second kappa shape index (κ2) is 4.40. The molecule has 1 rings (SSSR count). The van der Waals surface area contributed by atoms with Crippen molar-refractivity contribution in [3.63, 3.8) is 0 Å². The predicted octanol–water partition coefficient (Wildman–Crippen LogP) is 0.799. The quantitative estimate of drug-likeness (QED) is 0.667. The summed E-state index contributed by atoms with van der Waals surface area (Å²) >= 11 is 0. The molecule has 0 aromatic rings. The van der Waals surface area contributed by atoms with Crippen molar-refractivity contribution in [2.45, 2.75) is 25.4 Å². The van der Waals surface area contributed by atoms with E-state index in [1.54, 1.807) is 0 Å². The second-order valence-electron chi connectivity index (χ2n) is 3.20. The smallest absolute Gasteiger partial charge is 0.303 e. The average molecular weight is 175 g/mol. The molecule has 70 valence electrons. The third-order valence-electron chi connectivity index (χ3n) is 2.24. The van der Waals surface area contributed by atoms with Crippen molar-refractivity contribution in [2.75, 3.05) is 13.1 Å². The molecule has 1 fully saturated rings. The predicted molar refractivity (Wildman–Crippen MR) is 42.7 cm³/mol. The summed E-state index contributed by atoms with van der Waals surface area (Å²) in [7, 11) is 0. The van der Waals surface area contributed by atoms with Gasteiger partial charge in [-0.15, -0.1) is 0 Å². The number of halogens is 1. The molecule has 1 aliphatic heterocycles. The Morgan fingerprint density at radius 3 is 3.00 bits per heavy atom.